The Balaban J connectivity index is 1.90. The standard InChI is InChI=1S/C18H34N2O/c1-15(16-11-7-3-4-8-12-16)19-20-18(2,21)17-13-9-5-6-10-14-17/h15-17,21H,3-14H2,1-2H3. The molecule has 0 aromatic carbocycles. The summed E-state index contributed by atoms with van der Waals surface area (Å²) in [5.74, 6) is 0.964. The van der Waals surface area contributed by atoms with E-state index in [-0.39, 0.29) is 6.04 Å². The molecule has 21 heavy (non-hydrogen) atoms. The molecule has 2 rings (SSSR count). The summed E-state index contributed by atoms with van der Waals surface area (Å²) in [5, 5.41) is 19.7. The minimum absolute atomic E-state index is 0.264. The Morgan fingerprint density at radius 2 is 1.33 bits per heavy atom. The maximum absolute atomic E-state index is 10.7. The second-order valence-corrected chi connectivity index (χ2v) is 7.49. The Hall–Kier alpha value is -0.440. The number of azo groups is 1. The van der Waals surface area contributed by atoms with Gasteiger partial charge in [-0.1, -0.05) is 51.4 Å². The predicted molar refractivity (Wildman–Crippen MR) is 87.3 cm³/mol. The fourth-order valence-corrected chi connectivity index (χ4v) is 4.00. The van der Waals surface area contributed by atoms with Crippen LogP contribution in [0.1, 0.15) is 90.9 Å². The molecule has 1 N–H and O–H groups in total. The first-order valence-corrected chi connectivity index (χ1v) is 9.24. The van der Waals surface area contributed by atoms with Crippen LogP contribution in [0.2, 0.25) is 0 Å². The van der Waals surface area contributed by atoms with Gasteiger partial charge >= 0.3 is 0 Å². The van der Waals surface area contributed by atoms with E-state index in [0.29, 0.717) is 11.8 Å². The van der Waals surface area contributed by atoms with Gasteiger partial charge in [0.1, 0.15) is 0 Å². The minimum Gasteiger partial charge on any atom is -0.368 e. The second kappa shape index (κ2) is 8.26. The topological polar surface area (TPSA) is 45.0 Å². The van der Waals surface area contributed by atoms with E-state index in [1.165, 1.54) is 64.2 Å². The van der Waals surface area contributed by atoms with Crippen molar-refractivity contribution >= 4 is 0 Å². The molecular formula is C18H34N2O. The van der Waals surface area contributed by atoms with E-state index in [9.17, 15) is 5.11 Å². The van der Waals surface area contributed by atoms with E-state index in [4.69, 9.17) is 0 Å². The Labute approximate surface area is 130 Å². The predicted octanol–water partition coefficient (Wildman–Crippen LogP) is 5.48. The first-order valence-electron chi connectivity index (χ1n) is 9.24. The molecule has 2 atom stereocenters. The van der Waals surface area contributed by atoms with E-state index in [0.717, 1.165) is 12.8 Å². The molecule has 0 amide bonds. The molecule has 122 valence electrons. The minimum atomic E-state index is -0.955. The van der Waals surface area contributed by atoms with E-state index >= 15 is 0 Å². The van der Waals surface area contributed by atoms with Crippen LogP contribution in [-0.4, -0.2) is 16.9 Å². The molecule has 0 aromatic heterocycles. The van der Waals surface area contributed by atoms with Gasteiger partial charge in [0.15, 0.2) is 5.72 Å². The van der Waals surface area contributed by atoms with Crippen LogP contribution in [-0.2, 0) is 0 Å². The maximum Gasteiger partial charge on any atom is 0.176 e. The molecule has 2 aliphatic rings. The average Bonchev–Trinajstić information content (AvgIpc) is 2.89. The lowest BCUT2D eigenvalue weighted by Crippen LogP contribution is -2.32. The summed E-state index contributed by atoms with van der Waals surface area (Å²) in [6, 6.07) is 0.264. The number of rotatable bonds is 4. The zero-order chi connectivity index (χ0) is 15.1. The van der Waals surface area contributed by atoms with Crippen LogP contribution >= 0.6 is 0 Å². The number of hydrogen-bond acceptors (Lipinski definition) is 3. The van der Waals surface area contributed by atoms with E-state index in [2.05, 4.69) is 17.2 Å². The summed E-state index contributed by atoms with van der Waals surface area (Å²) >= 11 is 0. The average molecular weight is 294 g/mol. The van der Waals surface area contributed by atoms with Crippen molar-refractivity contribution in [1.82, 2.24) is 0 Å². The van der Waals surface area contributed by atoms with Crippen molar-refractivity contribution < 1.29 is 5.11 Å². The first-order chi connectivity index (χ1) is 10.1. The highest BCUT2D eigenvalue weighted by Crippen LogP contribution is 2.33. The molecule has 2 aliphatic carbocycles. The van der Waals surface area contributed by atoms with Gasteiger partial charge in [0.2, 0.25) is 0 Å². The lowest BCUT2D eigenvalue weighted by atomic mass is 9.90. The Bertz CT molecular complexity index is 311. The fourth-order valence-electron chi connectivity index (χ4n) is 4.00. The van der Waals surface area contributed by atoms with Crippen molar-refractivity contribution in [2.24, 2.45) is 22.1 Å². The van der Waals surface area contributed by atoms with Crippen molar-refractivity contribution in [3.05, 3.63) is 0 Å². The molecular weight excluding hydrogens is 260 g/mol. The Morgan fingerprint density at radius 3 is 1.86 bits per heavy atom. The lowest BCUT2D eigenvalue weighted by molar-refractivity contribution is -0.00771. The van der Waals surface area contributed by atoms with Gasteiger partial charge in [-0.3, -0.25) is 0 Å². The smallest absolute Gasteiger partial charge is 0.176 e. The molecule has 3 nitrogen and oxygen atoms in total. The second-order valence-electron chi connectivity index (χ2n) is 7.49. The van der Waals surface area contributed by atoms with Crippen LogP contribution in [0.3, 0.4) is 0 Å². The maximum atomic E-state index is 10.7. The molecule has 0 aromatic rings. The van der Waals surface area contributed by atoms with Gasteiger partial charge in [-0.25, -0.2) is 0 Å². The van der Waals surface area contributed by atoms with Crippen molar-refractivity contribution in [1.29, 1.82) is 0 Å². The fraction of sp³-hybridized carbons (Fsp3) is 1.00. The SMILES string of the molecule is CC(N=NC(C)(O)C1CCCCCC1)C1CCCCCC1. The van der Waals surface area contributed by atoms with Crippen molar-refractivity contribution in [3.63, 3.8) is 0 Å². The third-order valence-corrected chi connectivity index (χ3v) is 5.65. The van der Waals surface area contributed by atoms with E-state index in [1.54, 1.807) is 0 Å². The first kappa shape index (κ1) is 16.9. The quantitative estimate of drug-likeness (QED) is 0.542. The van der Waals surface area contributed by atoms with Crippen LogP contribution in [0.25, 0.3) is 0 Å². The van der Waals surface area contributed by atoms with E-state index < -0.39 is 5.72 Å². The van der Waals surface area contributed by atoms with Crippen molar-refractivity contribution in [3.8, 4) is 0 Å². The molecule has 2 unspecified atom stereocenters. The van der Waals surface area contributed by atoms with Crippen LogP contribution in [0, 0.1) is 11.8 Å². The Morgan fingerprint density at radius 1 is 0.857 bits per heavy atom. The molecule has 0 bridgehead atoms. The van der Waals surface area contributed by atoms with Gasteiger partial charge in [-0.15, -0.1) is 0 Å². The normalized spacial score (nSPS) is 28.0. The largest absolute Gasteiger partial charge is 0.368 e. The van der Waals surface area contributed by atoms with Crippen LogP contribution in [0.15, 0.2) is 10.2 Å². The highest BCUT2D eigenvalue weighted by Gasteiger charge is 2.32. The molecule has 0 radical (unpaired) electrons. The molecule has 2 fully saturated rings. The lowest BCUT2D eigenvalue weighted by Gasteiger charge is -2.28. The summed E-state index contributed by atoms with van der Waals surface area (Å²) in [7, 11) is 0. The molecule has 0 saturated heterocycles. The van der Waals surface area contributed by atoms with E-state index in [1.807, 2.05) is 6.92 Å². The number of aliphatic hydroxyl groups is 1. The summed E-state index contributed by atoms with van der Waals surface area (Å²) in [5.41, 5.74) is -0.955. The van der Waals surface area contributed by atoms with Gasteiger partial charge in [-0.2, -0.15) is 10.2 Å². The molecule has 0 heterocycles. The highest BCUT2D eigenvalue weighted by atomic mass is 16.3. The van der Waals surface area contributed by atoms with Crippen molar-refractivity contribution in [2.45, 2.75) is 103 Å². The molecule has 3 heteroatoms. The molecule has 2 saturated carbocycles. The third kappa shape index (κ3) is 5.36. The number of nitrogens with zero attached hydrogens (tertiary/aromatic N) is 2. The van der Waals surface area contributed by atoms with Gasteiger partial charge < -0.3 is 5.11 Å². The third-order valence-electron chi connectivity index (χ3n) is 5.65. The van der Waals surface area contributed by atoms with Crippen LogP contribution in [0.5, 0.6) is 0 Å². The summed E-state index contributed by atoms with van der Waals surface area (Å²) < 4.78 is 0. The highest BCUT2D eigenvalue weighted by molar-refractivity contribution is 4.82. The van der Waals surface area contributed by atoms with Crippen molar-refractivity contribution in [2.75, 3.05) is 0 Å². The zero-order valence-electron chi connectivity index (χ0n) is 14.1. The van der Waals surface area contributed by atoms with Gasteiger partial charge in [-0.05, 0) is 45.4 Å². The monoisotopic (exact) mass is 294 g/mol. The Kier molecular flexibility index (Phi) is 6.66. The molecule has 0 aliphatic heterocycles. The van der Waals surface area contributed by atoms with Crippen LogP contribution in [0.4, 0.5) is 0 Å². The van der Waals surface area contributed by atoms with Gasteiger partial charge in [0.05, 0.1) is 6.04 Å². The summed E-state index contributed by atoms with van der Waals surface area (Å²) in [4.78, 5) is 0. The van der Waals surface area contributed by atoms with Crippen LogP contribution < -0.4 is 0 Å². The number of hydrogen-bond donors (Lipinski definition) is 1. The molecule has 0 spiro atoms. The summed E-state index contributed by atoms with van der Waals surface area (Å²) in [6.07, 6.45) is 15.3. The summed E-state index contributed by atoms with van der Waals surface area (Å²) in [6.45, 7) is 4.05. The van der Waals surface area contributed by atoms with Gasteiger partial charge in [0, 0.05) is 5.92 Å². The zero-order valence-corrected chi connectivity index (χ0v) is 14.1. The van der Waals surface area contributed by atoms with Gasteiger partial charge in [0.25, 0.3) is 0 Å².